The van der Waals surface area contributed by atoms with Gasteiger partial charge in [0.15, 0.2) is 5.75 Å². The summed E-state index contributed by atoms with van der Waals surface area (Å²) in [4.78, 5) is 10.9. The molecule has 0 heterocycles. The van der Waals surface area contributed by atoms with Crippen LogP contribution in [0.25, 0.3) is 0 Å². The minimum absolute atomic E-state index is 0.0657. The van der Waals surface area contributed by atoms with Crippen molar-refractivity contribution in [2.75, 3.05) is 0 Å². The van der Waals surface area contributed by atoms with E-state index in [1.165, 1.54) is 24.3 Å². The Bertz CT molecular complexity index is 620. The fourth-order valence-electron chi connectivity index (χ4n) is 1.56. The third-order valence-electron chi connectivity index (χ3n) is 2.54. The van der Waals surface area contributed by atoms with Crippen molar-refractivity contribution in [3.63, 3.8) is 0 Å². The fraction of sp³-hybridized carbons (Fsp3) is 0.0714. The first-order valence-electron chi connectivity index (χ1n) is 5.57. The molecule has 0 fully saturated rings. The lowest BCUT2D eigenvalue weighted by molar-refractivity contribution is 0.0696. The highest BCUT2D eigenvalue weighted by Crippen LogP contribution is 2.35. The molecule has 0 saturated heterocycles. The highest BCUT2D eigenvalue weighted by molar-refractivity contribution is 9.10. The summed E-state index contributed by atoms with van der Waals surface area (Å²) in [6, 6.07) is 8.60. The third kappa shape index (κ3) is 3.49. The molecular weight excluding hydrogens is 351 g/mol. The second-order valence-electron chi connectivity index (χ2n) is 3.99. The van der Waals surface area contributed by atoms with E-state index in [1.54, 1.807) is 12.1 Å². The Balaban J connectivity index is 2.17. The lowest BCUT2D eigenvalue weighted by Crippen LogP contribution is -2.00. The molecule has 0 aliphatic heterocycles. The second-order valence-corrected chi connectivity index (χ2v) is 5.25. The molecule has 0 amide bonds. The van der Waals surface area contributed by atoms with Gasteiger partial charge < -0.3 is 9.84 Å². The van der Waals surface area contributed by atoms with Gasteiger partial charge >= 0.3 is 5.97 Å². The van der Waals surface area contributed by atoms with Crippen molar-refractivity contribution in [3.8, 4) is 5.75 Å². The van der Waals surface area contributed by atoms with E-state index in [9.17, 15) is 9.18 Å². The Labute approximate surface area is 128 Å². The molecule has 2 aromatic carbocycles. The van der Waals surface area contributed by atoms with E-state index in [4.69, 9.17) is 21.4 Å². The summed E-state index contributed by atoms with van der Waals surface area (Å²) in [6.07, 6.45) is 0. The van der Waals surface area contributed by atoms with Gasteiger partial charge in [-0.15, -0.1) is 0 Å². The Morgan fingerprint density at radius 1 is 1.30 bits per heavy atom. The quantitative estimate of drug-likeness (QED) is 0.873. The van der Waals surface area contributed by atoms with E-state index >= 15 is 0 Å². The number of carbonyl (C=O) groups is 1. The van der Waals surface area contributed by atoms with Crippen LogP contribution < -0.4 is 4.74 Å². The monoisotopic (exact) mass is 358 g/mol. The third-order valence-corrected chi connectivity index (χ3v) is 3.41. The molecule has 0 aromatic heterocycles. The fourth-order valence-corrected chi connectivity index (χ4v) is 2.52. The van der Waals surface area contributed by atoms with Gasteiger partial charge in [0.05, 0.1) is 15.1 Å². The van der Waals surface area contributed by atoms with Gasteiger partial charge in [0.25, 0.3) is 0 Å². The zero-order valence-electron chi connectivity index (χ0n) is 10.1. The Morgan fingerprint density at radius 2 is 1.95 bits per heavy atom. The number of halogens is 3. The molecule has 3 nitrogen and oxygen atoms in total. The number of hydrogen-bond acceptors (Lipinski definition) is 2. The first kappa shape index (κ1) is 14.8. The van der Waals surface area contributed by atoms with Crippen LogP contribution in [-0.2, 0) is 6.61 Å². The average molecular weight is 360 g/mol. The maximum absolute atomic E-state index is 12.8. The topological polar surface area (TPSA) is 46.5 Å². The van der Waals surface area contributed by atoms with Crippen LogP contribution in [0.4, 0.5) is 4.39 Å². The molecule has 0 atom stereocenters. The number of rotatable bonds is 4. The molecular formula is C14H9BrClFO3. The average Bonchev–Trinajstić information content (AvgIpc) is 2.39. The number of benzene rings is 2. The molecule has 0 spiro atoms. The van der Waals surface area contributed by atoms with E-state index in [-0.39, 0.29) is 23.0 Å². The summed E-state index contributed by atoms with van der Waals surface area (Å²) in [5, 5.41) is 9.10. The summed E-state index contributed by atoms with van der Waals surface area (Å²) in [5.41, 5.74) is 0.840. The molecule has 0 bridgehead atoms. The highest BCUT2D eigenvalue weighted by Gasteiger charge is 2.13. The largest absolute Gasteiger partial charge is 0.486 e. The van der Waals surface area contributed by atoms with Crippen LogP contribution in [0.3, 0.4) is 0 Å². The molecule has 6 heteroatoms. The van der Waals surface area contributed by atoms with E-state index in [2.05, 4.69) is 15.9 Å². The van der Waals surface area contributed by atoms with Crippen LogP contribution >= 0.6 is 27.5 Å². The summed E-state index contributed by atoms with van der Waals surface area (Å²) < 4.78 is 18.8. The molecule has 104 valence electrons. The van der Waals surface area contributed by atoms with Crippen LogP contribution in [-0.4, -0.2) is 11.1 Å². The van der Waals surface area contributed by atoms with Gasteiger partial charge in [-0.25, -0.2) is 9.18 Å². The minimum atomic E-state index is -1.07. The van der Waals surface area contributed by atoms with Crippen molar-refractivity contribution in [2.24, 2.45) is 0 Å². The van der Waals surface area contributed by atoms with E-state index in [0.717, 1.165) is 5.56 Å². The highest BCUT2D eigenvalue weighted by atomic mass is 79.9. The van der Waals surface area contributed by atoms with Crippen LogP contribution in [0.15, 0.2) is 40.9 Å². The van der Waals surface area contributed by atoms with Gasteiger partial charge in [-0.1, -0.05) is 23.7 Å². The number of hydrogen-bond donors (Lipinski definition) is 1. The molecule has 0 aliphatic rings. The second kappa shape index (κ2) is 6.24. The van der Waals surface area contributed by atoms with Crippen molar-refractivity contribution in [1.82, 2.24) is 0 Å². The standard InChI is InChI=1S/C14H9BrClFO3/c15-11-5-9(14(18)19)6-12(16)13(11)20-7-8-1-3-10(17)4-2-8/h1-6H,7H2,(H,18,19). The first-order chi connectivity index (χ1) is 9.47. The first-order valence-corrected chi connectivity index (χ1v) is 6.74. The molecule has 20 heavy (non-hydrogen) atoms. The van der Waals surface area contributed by atoms with Crippen LogP contribution in [0.2, 0.25) is 5.02 Å². The zero-order chi connectivity index (χ0) is 14.7. The van der Waals surface area contributed by atoms with Gasteiger partial charge in [0.2, 0.25) is 0 Å². The summed E-state index contributed by atoms with van der Waals surface area (Å²) in [6.45, 7) is 0.199. The number of carboxylic acids is 1. The molecule has 0 radical (unpaired) electrons. The normalized spacial score (nSPS) is 10.3. The molecule has 0 saturated carbocycles. The van der Waals surface area contributed by atoms with Gasteiger partial charge in [-0.3, -0.25) is 0 Å². The van der Waals surface area contributed by atoms with Crippen molar-refractivity contribution < 1.29 is 19.0 Å². The van der Waals surface area contributed by atoms with E-state index in [1.807, 2.05) is 0 Å². The zero-order valence-corrected chi connectivity index (χ0v) is 12.4. The number of ether oxygens (including phenoxy) is 1. The van der Waals surface area contributed by atoms with E-state index < -0.39 is 5.97 Å². The van der Waals surface area contributed by atoms with E-state index in [0.29, 0.717) is 10.2 Å². The number of carboxylic acid groups (broad SMARTS) is 1. The van der Waals surface area contributed by atoms with Crippen LogP contribution in [0.1, 0.15) is 15.9 Å². The van der Waals surface area contributed by atoms with Crippen molar-refractivity contribution in [1.29, 1.82) is 0 Å². The van der Waals surface area contributed by atoms with Gasteiger partial charge in [-0.2, -0.15) is 0 Å². The number of aromatic carboxylic acids is 1. The lowest BCUT2D eigenvalue weighted by Gasteiger charge is -2.11. The Morgan fingerprint density at radius 3 is 2.50 bits per heavy atom. The van der Waals surface area contributed by atoms with Crippen LogP contribution in [0, 0.1) is 5.82 Å². The lowest BCUT2D eigenvalue weighted by atomic mass is 10.2. The molecule has 2 rings (SSSR count). The summed E-state index contributed by atoms with van der Waals surface area (Å²) in [5.74, 6) is -1.04. The SMILES string of the molecule is O=C(O)c1cc(Cl)c(OCc2ccc(F)cc2)c(Br)c1. The van der Waals surface area contributed by atoms with Crippen molar-refractivity contribution >= 4 is 33.5 Å². The maximum Gasteiger partial charge on any atom is 0.335 e. The smallest absolute Gasteiger partial charge is 0.335 e. The van der Waals surface area contributed by atoms with Crippen molar-refractivity contribution in [2.45, 2.75) is 6.61 Å². The van der Waals surface area contributed by atoms with Gasteiger partial charge in [0.1, 0.15) is 12.4 Å². The predicted octanol–water partition coefficient (Wildman–Crippen LogP) is 4.52. The molecule has 0 unspecified atom stereocenters. The van der Waals surface area contributed by atoms with Crippen molar-refractivity contribution in [3.05, 3.63) is 62.8 Å². The Hall–Kier alpha value is -1.59. The molecule has 2 aromatic rings. The summed E-state index contributed by atoms with van der Waals surface area (Å²) >= 11 is 9.21. The van der Waals surface area contributed by atoms with Crippen LogP contribution in [0.5, 0.6) is 5.75 Å². The maximum atomic E-state index is 12.8. The minimum Gasteiger partial charge on any atom is -0.486 e. The van der Waals surface area contributed by atoms with Gasteiger partial charge in [0, 0.05) is 0 Å². The van der Waals surface area contributed by atoms with Gasteiger partial charge in [-0.05, 0) is 45.8 Å². The molecule has 1 N–H and O–H groups in total. The molecule has 0 aliphatic carbocycles. The predicted molar refractivity (Wildman–Crippen MR) is 76.8 cm³/mol. The Kier molecular flexibility index (Phi) is 4.62. The summed E-state index contributed by atoms with van der Waals surface area (Å²) in [7, 11) is 0.